The van der Waals surface area contributed by atoms with E-state index in [9.17, 15) is 14.0 Å². The zero-order chi connectivity index (χ0) is 22.0. The molecule has 0 radical (unpaired) electrons. The summed E-state index contributed by atoms with van der Waals surface area (Å²) in [5, 5.41) is 16.3. The molecule has 10 nitrogen and oxygen atoms in total. The zero-order valence-electron chi connectivity index (χ0n) is 16.8. The largest absolute Gasteiger partial charge is 0.442 e. The lowest BCUT2D eigenvalue weighted by Gasteiger charge is -2.33. The van der Waals surface area contributed by atoms with E-state index in [0.717, 1.165) is 12.8 Å². The highest BCUT2D eigenvalue weighted by atomic mass is 19.1. The number of piperidine rings is 1. The minimum atomic E-state index is -0.693. The highest BCUT2D eigenvalue weighted by Crippen LogP contribution is 2.31. The van der Waals surface area contributed by atoms with Gasteiger partial charge in [0.15, 0.2) is 5.69 Å². The van der Waals surface area contributed by atoms with Gasteiger partial charge < -0.3 is 15.4 Å². The zero-order valence-corrected chi connectivity index (χ0v) is 16.8. The van der Waals surface area contributed by atoms with Crippen molar-refractivity contribution >= 4 is 23.4 Å². The van der Waals surface area contributed by atoms with Gasteiger partial charge in [0.05, 0.1) is 36.7 Å². The van der Waals surface area contributed by atoms with Crippen molar-refractivity contribution in [3.63, 3.8) is 0 Å². The predicted molar refractivity (Wildman–Crippen MR) is 108 cm³/mol. The lowest BCUT2D eigenvalue weighted by atomic mass is 9.94. The molecule has 2 N–H and O–H groups in total. The van der Waals surface area contributed by atoms with Crippen LogP contribution < -0.4 is 15.5 Å². The summed E-state index contributed by atoms with van der Waals surface area (Å²) in [6, 6.07) is 6.91. The van der Waals surface area contributed by atoms with Crippen LogP contribution >= 0.6 is 0 Å². The number of nitrogens with two attached hydrogens (primary N) is 1. The molecule has 1 aromatic carbocycles. The van der Waals surface area contributed by atoms with Gasteiger partial charge in [-0.2, -0.15) is 5.26 Å². The standard InChI is InChI=1S/C20H22FN7O3/c21-16-9-14(1-2-18(16)26-7-4-13(3-6-22)5-8-26)28-11-15(31-20(28)30)10-27-12-17(19(23)29)24-25-27/h1-2,9,12-13,15H,3-5,7-8,10-11H2,(H2,23,29)/t15-/m0/s1. The quantitative estimate of drug-likeness (QED) is 0.742. The smallest absolute Gasteiger partial charge is 0.414 e. The van der Waals surface area contributed by atoms with Gasteiger partial charge in [0.25, 0.3) is 5.91 Å². The number of hydrogen-bond donors (Lipinski definition) is 1. The third kappa shape index (κ3) is 4.42. The van der Waals surface area contributed by atoms with E-state index >= 15 is 0 Å². The van der Waals surface area contributed by atoms with E-state index in [1.165, 1.54) is 21.8 Å². The van der Waals surface area contributed by atoms with E-state index in [-0.39, 0.29) is 18.8 Å². The number of aromatic nitrogens is 3. The average Bonchev–Trinajstić information content (AvgIpc) is 3.36. The molecule has 2 amide bonds. The number of anilines is 2. The van der Waals surface area contributed by atoms with E-state index < -0.39 is 23.9 Å². The van der Waals surface area contributed by atoms with E-state index in [2.05, 4.69) is 16.4 Å². The summed E-state index contributed by atoms with van der Waals surface area (Å²) in [5.41, 5.74) is 6.08. The summed E-state index contributed by atoms with van der Waals surface area (Å²) >= 11 is 0. The van der Waals surface area contributed by atoms with Crippen LogP contribution in [0, 0.1) is 23.1 Å². The maximum absolute atomic E-state index is 14.8. The van der Waals surface area contributed by atoms with Crippen LogP contribution in [-0.2, 0) is 11.3 Å². The minimum absolute atomic E-state index is 0.0236. The van der Waals surface area contributed by atoms with Crippen LogP contribution in [0.3, 0.4) is 0 Å². The number of carbonyl (C=O) groups excluding carboxylic acids is 2. The highest BCUT2D eigenvalue weighted by Gasteiger charge is 2.33. The Balaban J connectivity index is 1.40. The molecule has 2 aliphatic heterocycles. The molecule has 0 spiro atoms. The first-order chi connectivity index (χ1) is 14.9. The van der Waals surface area contributed by atoms with Crippen molar-refractivity contribution in [1.29, 1.82) is 5.26 Å². The summed E-state index contributed by atoms with van der Waals surface area (Å²) in [7, 11) is 0. The fourth-order valence-electron chi connectivity index (χ4n) is 3.96. The summed E-state index contributed by atoms with van der Waals surface area (Å²) in [6.07, 6.45) is 2.52. The Labute approximate surface area is 178 Å². The molecule has 2 aliphatic rings. The normalized spacial score (nSPS) is 19.4. The lowest BCUT2D eigenvalue weighted by molar-refractivity contribution is 0.0995. The first kappa shape index (κ1) is 20.6. The van der Waals surface area contributed by atoms with Crippen LogP contribution in [0.5, 0.6) is 0 Å². The third-order valence-electron chi connectivity index (χ3n) is 5.63. The maximum Gasteiger partial charge on any atom is 0.414 e. The number of amides is 2. The van der Waals surface area contributed by atoms with Crippen LogP contribution in [0.25, 0.3) is 0 Å². The Morgan fingerprint density at radius 2 is 2.13 bits per heavy atom. The van der Waals surface area contributed by atoms with Crippen LogP contribution in [0.4, 0.5) is 20.6 Å². The molecule has 0 aliphatic carbocycles. The van der Waals surface area contributed by atoms with Gasteiger partial charge in [-0.3, -0.25) is 9.69 Å². The first-order valence-corrected chi connectivity index (χ1v) is 10.0. The first-order valence-electron chi connectivity index (χ1n) is 10.0. The van der Waals surface area contributed by atoms with E-state index in [1.54, 1.807) is 12.1 Å². The van der Waals surface area contributed by atoms with Crippen molar-refractivity contribution < 1.29 is 18.7 Å². The van der Waals surface area contributed by atoms with Crippen LogP contribution in [0.15, 0.2) is 24.4 Å². The number of cyclic esters (lactones) is 1. The third-order valence-corrected chi connectivity index (χ3v) is 5.63. The molecular weight excluding hydrogens is 405 g/mol. The molecular formula is C20H22FN7O3. The molecule has 2 fully saturated rings. The van der Waals surface area contributed by atoms with Crippen LogP contribution in [0.1, 0.15) is 29.8 Å². The molecule has 3 heterocycles. The second-order valence-corrected chi connectivity index (χ2v) is 7.73. The van der Waals surface area contributed by atoms with E-state index in [0.29, 0.717) is 36.8 Å². The van der Waals surface area contributed by atoms with Crippen molar-refractivity contribution in [3.8, 4) is 6.07 Å². The number of rotatable bonds is 6. The molecule has 0 bridgehead atoms. The number of benzene rings is 1. The molecule has 162 valence electrons. The Kier molecular flexibility index (Phi) is 5.70. The average molecular weight is 427 g/mol. The van der Waals surface area contributed by atoms with Gasteiger partial charge in [-0.25, -0.2) is 13.9 Å². The van der Waals surface area contributed by atoms with Gasteiger partial charge in [-0.15, -0.1) is 5.10 Å². The predicted octanol–water partition coefficient (Wildman–Crippen LogP) is 1.67. The van der Waals surface area contributed by atoms with Gasteiger partial charge in [-0.1, -0.05) is 5.21 Å². The van der Waals surface area contributed by atoms with Crippen molar-refractivity contribution in [1.82, 2.24) is 15.0 Å². The molecule has 2 saturated heterocycles. The Bertz CT molecular complexity index is 1030. The number of primary amides is 1. The van der Waals surface area contributed by atoms with Gasteiger partial charge in [-0.05, 0) is 37.0 Å². The number of halogens is 1. The summed E-state index contributed by atoms with van der Waals surface area (Å²) in [5.74, 6) is -0.736. The van der Waals surface area contributed by atoms with Crippen molar-refractivity contribution in [2.45, 2.75) is 31.9 Å². The monoisotopic (exact) mass is 427 g/mol. The number of hydrogen-bond acceptors (Lipinski definition) is 7. The fourth-order valence-corrected chi connectivity index (χ4v) is 3.96. The number of ether oxygens (including phenoxy) is 1. The Morgan fingerprint density at radius 3 is 2.77 bits per heavy atom. The van der Waals surface area contributed by atoms with Gasteiger partial charge in [0.2, 0.25) is 0 Å². The van der Waals surface area contributed by atoms with Gasteiger partial charge in [0.1, 0.15) is 11.9 Å². The van der Waals surface area contributed by atoms with Crippen molar-refractivity contribution in [2.75, 3.05) is 29.4 Å². The highest BCUT2D eigenvalue weighted by molar-refractivity contribution is 5.90. The molecule has 0 unspecified atom stereocenters. The fraction of sp³-hybridized carbons (Fsp3) is 0.450. The second-order valence-electron chi connectivity index (χ2n) is 7.73. The van der Waals surface area contributed by atoms with Crippen molar-refractivity contribution in [2.24, 2.45) is 11.7 Å². The molecule has 0 saturated carbocycles. The van der Waals surface area contributed by atoms with Gasteiger partial charge >= 0.3 is 6.09 Å². The number of nitrogens with zero attached hydrogens (tertiary/aromatic N) is 6. The molecule has 4 rings (SSSR count). The summed E-state index contributed by atoms with van der Waals surface area (Å²) in [6.45, 7) is 1.80. The number of nitriles is 1. The van der Waals surface area contributed by atoms with E-state index in [1.807, 2.05) is 4.90 Å². The molecule has 31 heavy (non-hydrogen) atoms. The summed E-state index contributed by atoms with van der Waals surface area (Å²) in [4.78, 5) is 26.8. The summed E-state index contributed by atoms with van der Waals surface area (Å²) < 4.78 is 21.6. The minimum Gasteiger partial charge on any atom is -0.442 e. The van der Waals surface area contributed by atoms with Crippen LogP contribution in [-0.4, -0.2) is 52.7 Å². The second kappa shape index (κ2) is 8.59. The number of carbonyl (C=O) groups is 2. The SMILES string of the molecule is N#CCC1CCN(c2ccc(N3C[C@H](Cn4cc(C(N)=O)nn4)OC3=O)cc2F)CC1. The Morgan fingerprint density at radius 1 is 1.35 bits per heavy atom. The lowest BCUT2D eigenvalue weighted by Crippen LogP contribution is -2.34. The van der Waals surface area contributed by atoms with E-state index in [4.69, 9.17) is 15.7 Å². The maximum atomic E-state index is 14.8. The molecule has 1 aromatic heterocycles. The molecule has 11 heteroatoms. The van der Waals surface area contributed by atoms with Gasteiger partial charge in [0, 0.05) is 19.5 Å². The van der Waals surface area contributed by atoms with Crippen LogP contribution in [0.2, 0.25) is 0 Å². The molecule has 1 atom stereocenters. The molecule has 2 aromatic rings. The van der Waals surface area contributed by atoms with Crippen molar-refractivity contribution in [3.05, 3.63) is 35.9 Å². The Hall–Kier alpha value is -3.68. The topological polar surface area (TPSA) is 130 Å².